The van der Waals surface area contributed by atoms with E-state index < -0.39 is 17.6 Å². The number of diazo groups is 1. The van der Waals surface area contributed by atoms with Crippen LogP contribution in [-0.2, 0) is 4.79 Å². The molecule has 0 saturated heterocycles. The fraction of sp³-hybridized carbons (Fsp3) is 0.222. The second-order valence-corrected chi connectivity index (χ2v) is 2.85. The molecule has 0 aromatic heterocycles. The van der Waals surface area contributed by atoms with E-state index in [1.165, 1.54) is 25.1 Å². The number of nitrogens with zero attached hydrogens (tertiary/aromatic N) is 2. The third kappa shape index (κ3) is 1.64. The Kier molecular flexibility index (Phi) is 2.67. The maximum atomic E-state index is 11.2. The van der Waals surface area contributed by atoms with Crippen molar-refractivity contribution < 1.29 is 15.0 Å². The first-order chi connectivity index (χ1) is 6.57. The lowest BCUT2D eigenvalue weighted by atomic mass is 9.99. The van der Waals surface area contributed by atoms with Gasteiger partial charge in [-0.15, -0.1) is 0 Å². The summed E-state index contributed by atoms with van der Waals surface area (Å²) in [4.78, 5) is 13.5. The normalized spacial score (nSPS) is 11.7. The number of hydrogen-bond acceptors (Lipinski definition) is 3. The first-order valence-electron chi connectivity index (χ1n) is 3.95. The maximum Gasteiger partial charge on any atom is 0.381 e. The monoisotopic (exact) mass is 192 g/mol. The predicted octanol–water partition coefficient (Wildman–Crippen LogP) is 1.43. The predicted molar refractivity (Wildman–Crippen MR) is 46.7 cm³/mol. The molecule has 0 saturated carbocycles. The van der Waals surface area contributed by atoms with Gasteiger partial charge in [-0.25, -0.2) is 0 Å². The zero-order valence-corrected chi connectivity index (χ0v) is 7.47. The molecule has 0 aliphatic rings. The second kappa shape index (κ2) is 3.75. The number of carbonyl (C=O) groups is 1. The van der Waals surface area contributed by atoms with Gasteiger partial charge in [-0.1, -0.05) is 18.2 Å². The molecule has 1 atom stereocenters. The van der Waals surface area contributed by atoms with E-state index >= 15 is 0 Å². The van der Waals surface area contributed by atoms with Crippen molar-refractivity contribution in [3.05, 3.63) is 28.7 Å². The van der Waals surface area contributed by atoms with Crippen molar-refractivity contribution in [3.63, 3.8) is 0 Å². The molecule has 0 spiro atoms. The van der Waals surface area contributed by atoms with E-state index in [4.69, 9.17) is 10.5 Å². The minimum atomic E-state index is -1.07. The Balaban J connectivity index is 3.29. The molecule has 1 N–H and O–H groups in total. The summed E-state index contributed by atoms with van der Waals surface area (Å²) in [5.41, 5.74) is 0.00917. The van der Waals surface area contributed by atoms with Gasteiger partial charge in [0.2, 0.25) is 5.39 Å². The van der Waals surface area contributed by atoms with Crippen LogP contribution < -0.4 is 5.11 Å². The van der Waals surface area contributed by atoms with Gasteiger partial charge in [0.25, 0.3) is 0 Å². The maximum absolute atomic E-state index is 11.2. The van der Waals surface area contributed by atoms with Crippen LogP contribution in [0.2, 0.25) is 0 Å². The average Bonchev–Trinajstić information content (AvgIpc) is 2.16. The Bertz CT molecular complexity index is 409. The van der Waals surface area contributed by atoms with Gasteiger partial charge in [0.05, 0.1) is 11.5 Å². The molecular weight excluding hydrogens is 184 g/mol. The molecule has 1 aromatic carbocycles. The van der Waals surface area contributed by atoms with Gasteiger partial charge in [-0.05, 0) is 12.7 Å². The molecule has 0 bridgehead atoms. The van der Waals surface area contributed by atoms with Crippen molar-refractivity contribution in [2.75, 3.05) is 0 Å². The van der Waals surface area contributed by atoms with Gasteiger partial charge in [-0.3, -0.25) is 4.79 Å². The number of hydrogen-bond donors (Lipinski definition) is 1. The van der Waals surface area contributed by atoms with Gasteiger partial charge >= 0.3 is 11.7 Å². The van der Waals surface area contributed by atoms with Crippen molar-refractivity contribution in [2.24, 2.45) is 0 Å². The average molecular weight is 192 g/mol. The molecule has 1 aromatic rings. The van der Waals surface area contributed by atoms with E-state index in [0.717, 1.165) is 0 Å². The lowest BCUT2D eigenvalue weighted by Gasteiger charge is -2.07. The van der Waals surface area contributed by atoms with Crippen molar-refractivity contribution >= 4 is 11.7 Å². The van der Waals surface area contributed by atoms with Gasteiger partial charge in [0.1, 0.15) is 0 Å². The zero-order valence-electron chi connectivity index (χ0n) is 7.47. The first kappa shape index (κ1) is 9.99. The summed E-state index contributed by atoms with van der Waals surface area (Å²) in [6.45, 7) is 1.42. The number of rotatable bonds is 2. The largest absolute Gasteiger partial charge is 0.867 e. The lowest BCUT2D eigenvalue weighted by Crippen LogP contribution is -2.08. The fourth-order valence-corrected chi connectivity index (χ4v) is 1.13. The Hall–Kier alpha value is -2.09. The molecule has 5 heteroatoms. The van der Waals surface area contributed by atoms with Crippen LogP contribution in [0.15, 0.2) is 18.2 Å². The minimum absolute atomic E-state index is 0.206. The molecule has 5 nitrogen and oxygen atoms in total. The van der Waals surface area contributed by atoms with Crippen LogP contribution in [0, 0.1) is 5.39 Å². The number of benzene rings is 1. The zero-order chi connectivity index (χ0) is 10.7. The van der Waals surface area contributed by atoms with E-state index in [9.17, 15) is 9.90 Å². The summed E-state index contributed by atoms with van der Waals surface area (Å²) in [7, 11) is 0. The second-order valence-electron chi connectivity index (χ2n) is 2.85. The highest BCUT2D eigenvalue weighted by Gasteiger charge is 2.24. The number of carboxylic acid groups (broad SMARTS) is 1. The third-order valence-electron chi connectivity index (χ3n) is 1.97. The quantitative estimate of drug-likeness (QED) is 0.718. The summed E-state index contributed by atoms with van der Waals surface area (Å²) in [6.07, 6.45) is 0. The highest BCUT2D eigenvalue weighted by Crippen LogP contribution is 2.33. The van der Waals surface area contributed by atoms with Crippen LogP contribution in [0.1, 0.15) is 18.4 Å². The van der Waals surface area contributed by atoms with E-state index in [2.05, 4.69) is 4.98 Å². The molecule has 0 aliphatic heterocycles. The molecule has 1 rings (SSSR count). The van der Waals surface area contributed by atoms with Gasteiger partial charge in [-0.2, -0.15) is 0 Å². The molecule has 0 aliphatic carbocycles. The summed E-state index contributed by atoms with van der Waals surface area (Å²) >= 11 is 0. The highest BCUT2D eigenvalue weighted by atomic mass is 16.4. The Labute approximate surface area is 80.2 Å². The van der Waals surface area contributed by atoms with Crippen LogP contribution in [0.3, 0.4) is 0 Å². The van der Waals surface area contributed by atoms with Crippen LogP contribution >= 0.6 is 0 Å². The Morgan fingerprint density at radius 2 is 2.29 bits per heavy atom. The standard InChI is InChI=1S/C9H8N2O3/c1-5(9(13)14)6-3-2-4-7(12)8(6)11-10/h2-5H,1H3,(H-,12,13,14). The summed E-state index contributed by atoms with van der Waals surface area (Å²) < 4.78 is 0. The Morgan fingerprint density at radius 1 is 1.64 bits per heavy atom. The van der Waals surface area contributed by atoms with Gasteiger partial charge in [0.15, 0.2) is 4.98 Å². The van der Waals surface area contributed by atoms with E-state index in [1.54, 1.807) is 0 Å². The van der Waals surface area contributed by atoms with E-state index in [-0.39, 0.29) is 11.3 Å². The molecular formula is C9H8N2O3. The van der Waals surface area contributed by atoms with Crippen molar-refractivity contribution in [3.8, 4) is 5.75 Å². The Morgan fingerprint density at radius 3 is 2.79 bits per heavy atom. The highest BCUT2D eigenvalue weighted by molar-refractivity contribution is 5.80. The van der Waals surface area contributed by atoms with Crippen molar-refractivity contribution in [2.45, 2.75) is 12.8 Å². The third-order valence-corrected chi connectivity index (χ3v) is 1.97. The fourth-order valence-electron chi connectivity index (χ4n) is 1.13. The molecule has 1 unspecified atom stereocenters. The van der Waals surface area contributed by atoms with Crippen LogP contribution in [0.4, 0.5) is 5.69 Å². The smallest absolute Gasteiger partial charge is 0.381 e. The molecule has 0 fully saturated rings. The van der Waals surface area contributed by atoms with Crippen LogP contribution in [0.25, 0.3) is 4.98 Å². The molecule has 0 heterocycles. The molecule has 0 amide bonds. The van der Waals surface area contributed by atoms with Crippen molar-refractivity contribution in [1.29, 1.82) is 5.39 Å². The van der Waals surface area contributed by atoms with E-state index in [0.29, 0.717) is 0 Å². The van der Waals surface area contributed by atoms with Crippen LogP contribution in [-0.4, -0.2) is 11.1 Å². The molecule has 14 heavy (non-hydrogen) atoms. The van der Waals surface area contributed by atoms with E-state index in [1.807, 2.05) is 0 Å². The van der Waals surface area contributed by atoms with Crippen molar-refractivity contribution in [1.82, 2.24) is 0 Å². The summed E-state index contributed by atoms with van der Waals surface area (Å²) in [6, 6.07) is 4.11. The number of carboxylic acids is 1. The summed E-state index contributed by atoms with van der Waals surface area (Å²) in [5, 5.41) is 28.4. The molecule has 72 valence electrons. The summed E-state index contributed by atoms with van der Waals surface area (Å²) in [5.74, 6) is -2.42. The lowest BCUT2D eigenvalue weighted by molar-refractivity contribution is -0.267. The van der Waals surface area contributed by atoms with Gasteiger partial charge < -0.3 is 10.2 Å². The molecule has 0 radical (unpaired) electrons. The van der Waals surface area contributed by atoms with Gasteiger partial charge in [0, 0.05) is 0 Å². The topological polar surface area (TPSA) is 88.5 Å². The SMILES string of the molecule is CC(C(=O)O)c1cccc([O-])c1[N+]#N. The van der Waals surface area contributed by atoms with Crippen LogP contribution in [0.5, 0.6) is 5.75 Å². The first-order valence-corrected chi connectivity index (χ1v) is 3.95. The number of aliphatic carboxylic acids is 1. The minimum Gasteiger partial charge on any atom is -0.867 e.